The van der Waals surface area contributed by atoms with Gasteiger partial charge in [0.05, 0.1) is 22.2 Å². The van der Waals surface area contributed by atoms with Crippen LogP contribution in [0.2, 0.25) is 0 Å². The maximum absolute atomic E-state index is 14.9. The number of halogens is 3. The summed E-state index contributed by atoms with van der Waals surface area (Å²) in [6.45, 7) is 1.80. The van der Waals surface area contributed by atoms with Crippen LogP contribution in [0.5, 0.6) is 0 Å². The van der Waals surface area contributed by atoms with Crippen LogP contribution in [0, 0.1) is 5.82 Å². The number of piperazine rings is 1. The largest absolute Gasteiger partial charge is 0.477 e. The molecule has 2 fully saturated rings. The Labute approximate surface area is 152 Å². The van der Waals surface area contributed by atoms with E-state index in [0.717, 1.165) is 12.3 Å². The van der Waals surface area contributed by atoms with Crippen molar-refractivity contribution in [3.63, 3.8) is 0 Å². The SMILES string of the molecule is O=C(O)c1cn(C2CC2)c2c(C(F)F)c(N3CCNCC3)c(F)cc2c1=O. The van der Waals surface area contributed by atoms with Gasteiger partial charge in [-0.1, -0.05) is 0 Å². The van der Waals surface area contributed by atoms with Crippen molar-refractivity contribution < 1.29 is 23.1 Å². The number of hydrogen-bond acceptors (Lipinski definition) is 4. The molecule has 1 aromatic carbocycles. The molecule has 4 rings (SSSR count). The van der Waals surface area contributed by atoms with Gasteiger partial charge in [0, 0.05) is 38.4 Å². The van der Waals surface area contributed by atoms with E-state index in [9.17, 15) is 27.9 Å². The summed E-state index contributed by atoms with van der Waals surface area (Å²) >= 11 is 0. The van der Waals surface area contributed by atoms with Gasteiger partial charge in [-0.15, -0.1) is 0 Å². The Balaban J connectivity index is 2.09. The molecule has 1 saturated carbocycles. The average Bonchev–Trinajstić information content (AvgIpc) is 3.46. The number of fused-ring (bicyclic) bond motifs is 1. The van der Waals surface area contributed by atoms with Crippen LogP contribution in [-0.2, 0) is 0 Å². The van der Waals surface area contributed by atoms with E-state index in [0.29, 0.717) is 39.0 Å². The number of nitrogens with zero attached hydrogens (tertiary/aromatic N) is 2. The summed E-state index contributed by atoms with van der Waals surface area (Å²) in [6, 6.07) is 0.747. The first-order chi connectivity index (χ1) is 12.9. The highest BCUT2D eigenvalue weighted by atomic mass is 19.3. The molecule has 2 heterocycles. The summed E-state index contributed by atoms with van der Waals surface area (Å²) in [6.07, 6.45) is -0.496. The van der Waals surface area contributed by atoms with Crippen LogP contribution >= 0.6 is 0 Å². The van der Waals surface area contributed by atoms with Crippen molar-refractivity contribution in [3.8, 4) is 0 Å². The Hall–Kier alpha value is -2.55. The van der Waals surface area contributed by atoms with Crippen LogP contribution in [0.25, 0.3) is 10.9 Å². The lowest BCUT2D eigenvalue weighted by molar-refractivity contribution is 0.0695. The van der Waals surface area contributed by atoms with E-state index < -0.39 is 34.8 Å². The van der Waals surface area contributed by atoms with Gasteiger partial charge in [-0.25, -0.2) is 18.0 Å². The topological polar surface area (TPSA) is 74.6 Å². The number of alkyl halides is 2. The molecule has 2 aliphatic rings. The van der Waals surface area contributed by atoms with Crippen LogP contribution in [0.4, 0.5) is 18.9 Å². The molecule has 0 amide bonds. The van der Waals surface area contributed by atoms with E-state index >= 15 is 0 Å². The third-order valence-electron chi connectivity index (χ3n) is 5.10. The van der Waals surface area contributed by atoms with Crippen LogP contribution in [0.1, 0.15) is 41.2 Å². The minimum absolute atomic E-state index is 0.0579. The highest BCUT2D eigenvalue weighted by Crippen LogP contribution is 2.43. The number of hydrogen-bond donors (Lipinski definition) is 2. The molecule has 1 aromatic heterocycles. The van der Waals surface area contributed by atoms with Crippen LogP contribution < -0.4 is 15.6 Å². The number of pyridine rings is 1. The van der Waals surface area contributed by atoms with E-state index in [2.05, 4.69) is 5.32 Å². The number of carbonyl (C=O) groups is 1. The third kappa shape index (κ3) is 2.95. The van der Waals surface area contributed by atoms with Crippen molar-refractivity contribution in [2.24, 2.45) is 0 Å². The summed E-state index contributed by atoms with van der Waals surface area (Å²) in [5, 5.41) is 12.1. The highest BCUT2D eigenvalue weighted by Gasteiger charge is 2.33. The zero-order chi connectivity index (χ0) is 19.3. The van der Waals surface area contributed by atoms with Gasteiger partial charge >= 0.3 is 5.97 Å². The van der Waals surface area contributed by atoms with Crippen molar-refractivity contribution >= 4 is 22.6 Å². The van der Waals surface area contributed by atoms with Gasteiger partial charge in [0.25, 0.3) is 6.43 Å². The van der Waals surface area contributed by atoms with Crippen molar-refractivity contribution in [3.05, 3.63) is 39.4 Å². The van der Waals surface area contributed by atoms with Gasteiger partial charge < -0.3 is 19.9 Å². The fraction of sp³-hybridized carbons (Fsp3) is 0.444. The molecule has 0 atom stereocenters. The molecule has 27 heavy (non-hydrogen) atoms. The van der Waals surface area contributed by atoms with Crippen molar-refractivity contribution in [2.45, 2.75) is 25.3 Å². The predicted octanol–water partition coefficient (Wildman–Crippen LogP) is 2.52. The lowest BCUT2D eigenvalue weighted by Crippen LogP contribution is -2.44. The van der Waals surface area contributed by atoms with Crippen LogP contribution in [-0.4, -0.2) is 41.8 Å². The molecule has 0 spiro atoms. The summed E-state index contributed by atoms with van der Waals surface area (Å²) < 4.78 is 44.5. The highest BCUT2D eigenvalue weighted by molar-refractivity contribution is 5.95. The quantitative estimate of drug-likeness (QED) is 0.851. The van der Waals surface area contributed by atoms with E-state index in [1.807, 2.05) is 0 Å². The number of benzene rings is 1. The zero-order valence-corrected chi connectivity index (χ0v) is 14.3. The van der Waals surface area contributed by atoms with Crippen LogP contribution in [0.15, 0.2) is 17.1 Å². The Morgan fingerprint density at radius 1 is 1.26 bits per heavy atom. The number of nitrogens with one attached hydrogen (secondary N) is 1. The van der Waals surface area contributed by atoms with Gasteiger partial charge in [-0.2, -0.15) is 0 Å². The number of carboxylic acids is 1. The second-order valence-electron chi connectivity index (χ2n) is 6.87. The average molecular weight is 381 g/mol. The maximum atomic E-state index is 14.9. The van der Waals surface area contributed by atoms with E-state index in [1.165, 1.54) is 4.57 Å². The first-order valence-electron chi connectivity index (χ1n) is 8.78. The van der Waals surface area contributed by atoms with E-state index in [-0.39, 0.29) is 22.6 Å². The molecule has 1 aliphatic carbocycles. The standard InChI is InChI=1S/C18H18F3N3O3/c19-12-7-10-14(13(17(20)21)15(12)23-5-3-22-4-6-23)24(9-1-2-9)8-11(16(10)25)18(26)27/h7-9,17,22H,1-6H2,(H,26,27). The molecule has 9 heteroatoms. The summed E-state index contributed by atoms with van der Waals surface area (Å²) in [5.74, 6) is -2.39. The Kier molecular flexibility index (Phi) is 4.33. The molecule has 0 radical (unpaired) electrons. The van der Waals surface area contributed by atoms with Gasteiger partial charge in [-0.05, 0) is 18.9 Å². The van der Waals surface area contributed by atoms with E-state index in [4.69, 9.17) is 0 Å². The molecule has 2 aromatic rings. The normalized spacial score (nSPS) is 17.7. The first-order valence-corrected chi connectivity index (χ1v) is 8.78. The van der Waals surface area contributed by atoms with Gasteiger partial charge in [-0.3, -0.25) is 4.79 Å². The Bertz CT molecular complexity index is 979. The Morgan fingerprint density at radius 3 is 2.48 bits per heavy atom. The van der Waals surface area contributed by atoms with Gasteiger partial charge in [0.15, 0.2) is 0 Å². The fourth-order valence-electron chi connectivity index (χ4n) is 3.72. The van der Waals surface area contributed by atoms with Crippen molar-refractivity contribution in [1.29, 1.82) is 0 Å². The molecular weight excluding hydrogens is 363 g/mol. The third-order valence-corrected chi connectivity index (χ3v) is 5.10. The summed E-state index contributed by atoms with van der Waals surface area (Å²) in [7, 11) is 0. The smallest absolute Gasteiger partial charge is 0.341 e. The summed E-state index contributed by atoms with van der Waals surface area (Å²) in [4.78, 5) is 25.5. The van der Waals surface area contributed by atoms with Crippen LogP contribution in [0.3, 0.4) is 0 Å². The number of aromatic carboxylic acids is 1. The van der Waals surface area contributed by atoms with E-state index in [1.54, 1.807) is 4.90 Å². The molecule has 1 aliphatic heterocycles. The number of aromatic nitrogens is 1. The minimum atomic E-state index is -3.01. The van der Waals surface area contributed by atoms with Crippen molar-refractivity contribution in [1.82, 2.24) is 9.88 Å². The number of anilines is 1. The second kappa shape index (κ2) is 6.56. The van der Waals surface area contributed by atoms with Gasteiger partial charge in [0.2, 0.25) is 5.43 Å². The first kappa shape index (κ1) is 17.8. The molecule has 144 valence electrons. The lowest BCUT2D eigenvalue weighted by atomic mass is 10.0. The number of rotatable bonds is 4. The molecule has 2 N–H and O–H groups in total. The molecule has 0 unspecified atom stereocenters. The molecule has 6 nitrogen and oxygen atoms in total. The molecule has 0 bridgehead atoms. The monoisotopic (exact) mass is 381 g/mol. The van der Waals surface area contributed by atoms with Crippen molar-refractivity contribution in [2.75, 3.05) is 31.1 Å². The second-order valence-corrected chi connectivity index (χ2v) is 6.87. The Morgan fingerprint density at radius 2 is 1.93 bits per heavy atom. The number of carboxylic acid groups (broad SMARTS) is 1. The zero-order valence-electron chi connectivity index (χ0n) is 14.3. The molecular formula is C18H18F3N3O3. The maximum Gasteiger partial charge on any atom is 0.341 e. The lowest BCUT2D eigenvalue weighted by Gasteiger charge is -2.32. The molecule has 1 saturated heterocycles. The summed E-state index contributed by atoms with van der Waals surface area (Å²) in [5.41, 5.74) is -2.27. The minimum Gasteiger partial charge on any atom is -0.477 e. The van der Waals surface area contributed by atoms with Gasteiger partial charge in [0.1, 0.15) is 11.4 Å². The predicted molar refractivity (Wildman–Crippen MR) is 93.4 cm³/mol. The fourth-order valence-corrected chi connectivity index (χ4v) is 3.72.